The molecule has 1 fully saturated rings. The summed E-state index contributed by atoms with van der Waals surface area (Å²) in [5.41, 5.74) is 3.97. The third-order valence-corrected chi connectivity index (χ3v) is 5.90. The Morgan fingerprint density at radius 1 is 1.40 bits per heavy atom. The first-order chi connectivity index (χ1) is 9.56. The van der Waals surface area contributed by atoms with E-state index in [1.807, 2.05) is 32.5 Å². The van der Waals surface area contributed by atoms with Crippen LogP contribution in [0.2, 0.25) is 0 Å². The molecule has 3 rings (SSSR count). The van der Waals surface area contributed by atoms with E-state index in [4.69, 9.17) is 4.84 Å². The van der Waals surface area contributed by atoms with Gasteiger partial charge >= 0.3 is 0 Å². The van der Waals surface area contributed by atoms with E-state index in [0.29, 0.717) is 17.1 Å². The molecule has 3 nitrogen and oxygen atoms in total. The summed E-state index contributed by atoms with van der Waals surface area (Å²) < 4.78 is 0.318. The van der Waals surface area contributed by atoms with Crippen LogP contribution >= 0.6 is 11.8 Å². The second-order valence-corrected chi connectivity index (χ2v) is 7.32. The molecule has 0 unspecified atom stereocenters. The molecule has 20 heavy (non-hydrogen) atoms. The highest BCUT2D eigenvalue weighted by molar-refractivity contribution is 8.01. The summed E-state index contributed by atoms with van der Waals surface area (Å²) in [7, 11) is 0. The van der Waals surface area contributed by atoms with Gasteiger partial charge in [-0.25, -0.2) is 0 Å². The Bertz CT molecular complexity index is 576. The Morgan fingerprint density at radius 2 is 2.15 bits per heavy atom. The second-order valence-electron chi connectivity index (χ2n) is 5.81. The van der Waals surface area contributed by atoms with E-state index in [1.165, 1.54) is 24.2 Å². The van der Waals surface area contributed by atoms with Crippen LogP contribution in [-0.4, -0.2) is 22.2 Å². The number of aryl methyl sites for hydroxylation is 1. The minimum absolute atomic E-state index is 0.318. The topological polar surface area (TPSA) is 41.8 Å². The fourth-order valence-corrected chi connectivity index (χ4v) is 4.89. The molecular weight excluding hydrogens is 270 g/mol. The Labute approximate surface area is 124 Å². The van der Waals surface area contributed by atoms with Crippen LogP contribution in [0.1, 0.15) is 49.3 Å². The van der Waals surface area contributed by atoms with Crippen molar-refractivity contribution >= 4 is 17.5 Å². The Kier molecular flexibility index (Phi) is 3.44. The lowest BCUT2D eigenvalue weighted by Gasteiger charge is -2.45. The monoisotopic (exact) mass is 291 g/mol. The lowest BCUT2D eigenvalue weighted by Crippen LogP contribution is -2.39. The van der Waals surface area contributed by atoms with Gasteiger partial charge in [-0.05, 0) is 45.2 Å². The molecule has 1 spiro atoms. The zero-order valence-electron chi connectivity index (χ0n) is 12.3. The van der Waals surface area contributed by atoms with E-state index in [0.717, 1.165) is 28.8 Å². The van der Waals surface area contributed by atoms with Gasteiger partial charge < -0.3 is 9.94 Å². The molecule has 0 radical (unpaired) electrons. The summed E-state index contributed by atoms with van der Waals surface area (Å²) in [4.78, 5) is 6.57. The fraction of sp³-hybridized carbons (Fsp3) is 0.562. The molecule has 1 aliphatic carbocycles. The zero-order chi connectivity index (χ0) is 14.3. The van der Waals surface area contributed by atoms with Crippen molar-refractivity contribution in [2.75, 3.05) is 6.61 Å². The van der Waals surface area contributed by atoms with Crippen LogP contribution in [0.4, 0.5) is 0 Å². The maximum atomic E-state index is 10.2. The lowest BCUT2D eigenvalue weighted by molar-refractivity contribution is 0.157. The number of fused-ring (bicyclic) bond motifs is 1. The van der Waals surface area contributed by atoms with Gasteiger partial charge in [0.15, 0.2) is 0 Å². The van der Waals surface area contributed by atoms with Gasteiger partial charge in [0.1, 0.15) is 12.4 Å². The van der Waals surface area contributed by atoms with Crippen LogP contribution < -0.4 is 0 Å². The predicted octanol–water partition coefficient (Wildman–Crippen LogP) is 4.17. The highest BCUT2D eigenvalue weighted by atomic mass is 32.2. The SMILES string of the molecule is CCO/N=C1\CC2(CCC2)Sc2cc(C)c(O)c(C)c21. The summed E-state index contributed by atoms with van der Waals surface area (Å²) in [5, 5.41) is 14.5. The van der Waals surface area contributed by atoms with Crippen LogP contribution in [0.3, 0.4) is 0 Å². The minimum atomic E-state index is 0.318. The molecule has 1 aromatic rings. The number of hydrogen-bond acceptors (Lipinski definition) is 4. The number of hydrogen-bond donors (Lipinski definition) is 1. The minimum Gasteiger partial charge on any atom is -0.507 e. The lowest BCUT2D eigenvalue weighted by atomic mass is 9.78. The van der Waals surface area contributed by atoms with Crippen LogP contribution in [0, 0.1) is 13.8 Å². The molecular formula is C16H21NO2S. The first kappa shape index (κ1) is 13.8. The normalized spacial score (nSPS) is 21.6. The molecule has 0 saturated heterocycles. The highest BCUT2D eigenvalue weighted by Crippen LogP contribution is 2.55. The van der Waals surface area contributed by atoms with Crippen LogP contribution in [0.5, 0.6) is 5.75 Å². The Hall–Kier alpha value is -1.16. The number of phenolic OH excluding ortho intramolecular Hbond substituents is 1. The molecule has 1 N–H and O–H groups in total. The van der Waals surface area contributed by atoms with Crippen molar-refractivity contribution in [3.05, 3.63) is 22.8 Å². The summed E-state index contributed by atoms with van der Waals surface area (Å²) in [5.74, 6) is 0.387. The van der Waals surface area contributed by atoms with Crippen molar-refractivity contribution in [3.63, 3.8) is 0 Å². The summed E-state index contributed by atoms with van der Waals surface area (Å²) in [6.45, 7) is 6.46. The number of benzene rings is 1. The maximum absolute atomic E-state index is 10.2. The fourth-order valence-electron chi connectivity index (χ4n) is 3.11. The maximum Gasteiger partial charge on any atom is 0.122 e. The van der Waals surface area contributed by atoms with Crippen molar-refractivity contribution in [2.24, 2.45) is 5.16 Å². The Morgan fingerprint density at radius 3 is 2.75 bits per heavy atom. The van der Waals surface area contributed by atoms with E-state index in [1.54, 1.807) is 0 Å². The third kappa shape index (κ3) is 2.10. The molecule has 108 valence electrons. The Balaban J connectivity index is 2.12. The van der Waals surface area contributed by atoms with E-state index in [2.05, 4.69) is 11.2 Å². The number of nitrogens with zero attached hydrogens (tertiary/aromatic N) is 1. The largest absolute Gasteiger partial charge is 0.507 e. The number of oxime groups is 1. The van der Waals surface area contributed by atoms with Gasteiger partial charge in [0, 0.05) is 27.2 Å². The molecule has 0 atom stereocenters. The van der Waals surface area contributed by atoms with E-state index in [-0.39, 0.29) is 0 Å². The van der Waals surface area contributed by atoms with Crippen LogP contribution in [-0.2, 0) is 4.84 Å². The smallest absolute Gasteiger partial charge is 0.122 e. The summed E-state index contributed by atoms with van der Waals surface area (Å²) in [6, 6.07) is 2.10. The number of phenols is 1. The van der Waals surface area contributed by atoms with E-state index in [9.17, 15) is 5.11 Å². The second kappa shape index (κ2) is 4.99. The van der Waals surface area contributed by atoms with Crippen LogP contribution in [0.25, 0.3) is 0 Å². The van der Waals surface area contributed by atoms with Gasteiger partial charge in [0.25, 0.3) is 0 Å². The van der Waals surface area contributed by atoms with Gasteiger partial charge in [0.05, 0.1) is 5.71 Å². The molecule has 1 aromatic carbocycles. The molecule has 1 aliphatic heterocycles. The van der Waals surface area contributed by atoms with E-state index >= 15 is 0 Å². The highest BCUT2D eigenvalue weighted by Gasteiger charge is 2.44. The van der Waals surface area contributed by atoms with Gasteiger partial charge in [-0.1, -0.05) is 11.6 Å². The number of rotatable bonds is 2. The molecule has 0 bridgehead atoms. The average molecular weight is 291 g/mol. The number of aromatic hydroxyl groups is 1. The quantitative estimate of drug-likeness (QED) is 0.832. The van der Waals surface area contributed by atoms with Crippen molar-refractivity contribution in [1.82, 2.24) is 0 Å². The first-order valence-corrected chi connectivity index (χ1v) is 8.09. The molecule has 1 saturated carbocycles. The van der Waals surface area contributed by atoms with Gasteiger partial charge in [-0.2, -0.15) is 0 Å². The zero-order valence-corrected chi connectivity index (χ0v) is 13.1. The summed E-state index contributed by atoms with van der Waals surface area (Å²) >= 11 is 1.97. The van der Waals surface area contributed by atoms with E-state index < -0.39 is 0 Å². The standard InChI is InChI=1S/C16H21NO2S/c1-4-19-17-12-9-16(6-5-7-16)20-13-8-10(2)15(18)11(3)14(12)13/h8,18H,4-7,9H2,1-3H3/b17-12+. The van der Waals surface area contributed by atoms with Gasteiger partial charge in [-0.3, -0.25) is 0 Å². The van der Waals surface area contributed by atoms with Crippen molar-refractivity contribution < 1.29 is 9.94 Å². The third-order valence-electron chi connectivity index (χ3n) is 4.37. The van der Waals surface area contributed by atoms with Crippen molar-refractivity contribution in [2.45, 2.75) is 56.1 Å². The number of thioether (sulfide) groups is 1. The first-order valence-electron chi connectivity index (χ1n) is 7.28. The van der Waals surface area contributed by atoms with Gasteiger partial charge in [-0.15, -0.1) is 11.8 Å². The van der Waals surface area contributed by atoms with Gasteiger partial charge in [0.2, 0.25) is 0 Å². The molecule has 0 aromatic heterocycles. The molecule has 4 heteroatoms. The predicted molar refractivity (Wildman–Crippen MR) is 82.8 cm³/mol. The summed E-state index contributed by atoms with van der Waals surface area (Å²) in [6.07, 6.45) is 4.76. The molecule has 0 amide bonds. The van der Waals surface area contributed by atoms with Crippen molar-refractivity contribution in [1.29, 1.82) is 0 Å². The molecule has 2 aliphatic rings. The molecule has 1 heterocycles. The van der Waals surface area contributed by atoms with Crippen LogP contribution in [0.15, 0.2) is 16.1 Å². The average Bonchev–Trinajstić information content (AvgIpc) is 2.40. The van der Waals surface area contributed by atoms with Crippen molar-refractivity contribution in [3.8, 4) is 5.75 Å².